The maximum Gasteiger partial charge on any atom is 0.118 e. The molecule has 0 spiro atoms. The maximum absolute atomic E-state index is 8.90. The van der Waals surface area contributed by atoms with Gasteiger partial charge in [0.2, 0.25) is 0 Å². The first-order chi connectivity index (χ1) is 9.07. The lowest BCUT2D eigenvalue weighted by Crippen LogP contribution is -2.07. The molecule has 1 rings (SSSR count). The molecule has 0 atom stereocenters. The molecule has 0 saturated heterocycles. The number of benzene rings is 1. The highest BCUT2D eigenvalue weighted by Gasteiger charge is 2.15. The molecule has 1 aromatic carbocycles. The van der Waals surface area contributed by atoms with Crippen LogP contribution >= 0.6 is 0 Å². The Morgan fingerprint density at radius 1 is 1.16 bits per heavy atom. The van der Waals surface area contributed by atoms with Crippen molar-refractivity contribution in [1.82, 2.24) is 0 Å². The Morgan fingerprint density at radius 2 is 1.84 bits per heavy atom. The number of ether oxygens (including phenoxy) is 2. The predicted molar refractivity (Wildman–Crippen MR) is 75.9 cm³/mol. The van der Waals surface area contributed by atoms with E-state index in [0.717, 1.165) is 37.2 Å². The second-order valence-corrected chi connectivity index (χ2v) is 5.35. The summed E-state index contributed by atoms with van der Waals surface area (Å²) in [4.78, 5) is 0. The number of nitriles is 1. The van der Waals surface area contributed by atoms with Crippen molar-refractivity contribution in [1.29, 1.82) is 5.26 Å². The van der Waals surface area contributed by atoms with E-state index >= 15 is 0 Å². The molecule has 0 N–H and O–H groups in total. The highest BCUT2D eigenvalue weighted by atomic mass is 16.5. The molecule has 0 aliphatic carbocycles. The highest BCUT2D eigenvalue weighted by molar-refractivity contribution is 5.26. The minimum Gasteiger partial charge on any atom is -0.497 e. The van der Waals surface area contributed by atoms with Gasteiger partial charge in [-0.05, 0) is 50.8 Å². The lowest BCUT2D eigenvalue weighted by atomic mass is 9.89. The lowest BCUT2D eigenvalue weighted by Gasteiger charge is -2.14. The van der Waals surface area contributed by atoms with E-state index < -0.39 is 0 Å². The number of methoxy groups -OCH3 is 1. The van der Waals surface area contributed by atoms with Gasteiger partial charge in [-0.25, -0.2) is 0 Å². The molecule has 0 bridgehead atoms. The van der Waals surface area contributed by atoms with Crippen LogP contribution in [-0.4, -0.2) is 13.7 Å². The molecule has 0 radical (unpaired) electrons. The zero-order valence-corrected chi connectivity index (χ0v) is 12.1. The van der Waals surface area contributed by atoms with E-state index in [2.05, 4.69) is 6.07 Å². The Kier molecular flexibility index (Phi) is 6.38. The number of hydrogen-bond acceptors (Lipinski definition) is 3. The molecule has 19 heavy (non-hydrogen) atoms. The van der Waals surface area contributed by atoms with Gasteiger partial charge < -0.3 is 9.47 Å². The van der Waals surface area contributed by atoms with E-state index in [1.165, 1.54) is 0 Å². The van der Waals surface area contributed by atoms with Crippen LogP contribution in [0.4, 0.5) is 0 Å². The number of rotatable bonds is 8. The first-order valence-corrected chi connectivity index (χ1v) is 6.69. The molecule has 0 aromatic heterocycles. The highest BCUT2D eigenvalue weighted by Crippen LogP contribution is 2.21. The van der Waals surface area contributed by atoms with Crippen molar-refractivity contribution in [3.05, 3.63) is 29.8 Å². The molecule has 104 valence electrons. The van der Waals surface area contributed by atoms with Crippen LogP contribution in [-0.2, 0) is 11.3 Å². The summed E-state index contributed by atoms with van der Waals surface area (Å²) >= 11 is 0. The Balaban J connectivity index is 2.12. The van der Waals surface area contributed by atoms with Crippen molar-refractivity contribution >= 4 is 0 Å². The third-order valence-corrected chi connectivity index (χ3v) is 3.07. The molecular weight excluding hydrogens is 238 g/mol. The average molecular weight is 261 g/mol. The van der Waals surface area contributed by atoms with Crippen LogP contribution in [0.2, 0.25) is 0 Å². The van der Waals surface area contributed by atoms with Gasteiger partial charge in [-0.15, -0.1) is 0 Å². The first kappa shape index (κ1) is 15.5. The SMILES string of the molecule is COc1ccc(COCCCCC(C)(C)C#N)cc1. The van der Waals surface area contributed by atoms with Crippen LogP contribution in [0.25, 0.3) is 0 Å². The normalized spacial score (nSPS) is 11.1. The second-order valence-electron chi connectivity index (χ2n) is 5.35. The van der Waals surface area contributed by atoms with E-state index in [9.17, 15) is 0 Å². The van der Waals surface area contributed by atoms with E-state index in [-0.39, 0.29) is 5.41 Å². The van der Waals surface area contributed by atoms with E-state index in [0.29, 0.717) is 6.61 Å². The number of nitrogens with zero attached hydrogens (tertiary/aromatic N) is 1. The Labute approximate surface area is 116 Å². The van der Waals surface area contributed by atoms with Gasteiger partial charge in [-0.2, -0.15) is 5.26 Å². The molecule has 0 aliphatic heterocycles. The molecule has 1 aromatic rings. The second kappa shape index (κ2) is 7.81. The number of unbranched alkanes of at least 4 members (excludes halogenated alkanes) is 1. The maximum atomic E-state index is 8.90. The van der Waals surface area contributed by atoms with Crippen LogP contribution in [0.3, 0.4) is 0 Å². The standard InChI is InChI=1S/C16H23NO2/c1-16(2,13-17)10-4-5-11-19-12-14-6-8-15(18-3)9-7-14/h6-9H,4-5,10-12H2,1-3H3. The molecule has 3 nitrogen and oxygen atoms in total. The van der Waals surface area contributed by atoms with Crippen molar-refractivity contribution < 1.29 is 9.47 Å². The zero-order valence-electron chi connectivity index (χ0n) is 12.1. The van der Waals surface area contributed by atoms with Crippen LogP contribution in [0.15, 0.2) is 24.3 Å². The van der Waals surface area contributed by atoms with Gasteiger partial charge in [0.15, 0.2) is 0 Å². The fourth-order valence-electron chi connectivity index (χ4n) is 1.74. The van der Waals surface area contributed by atoms with Crippen molar-refractivity contribution in [2.45, 2.75) is 39.7 Å². The molecule has 0 saturated carbocycles. The minimum atomic E-state index is -0.212. The lowest BCUT2D eigenvalue weighted by molar-refractivity contribution is 0.115. The summed E-state index contributed by atoms with van der Waals surface area (Å²) < 4.78 is 10.7. The van der Waals surface area contributed by atoms with Crippen molar-refractivity contribution in [2.75, 3.05) is 13.7 Å². The van der Waals surface area contributed by atoms with Crippen molar-refractivity contribution in [3.8, 4) is 11.8 Å². The van der Waals surface area contributed by atoms with Gasteiger partial charge >= 0.3 is 0 Å². The summed E-state index contributed by atoms with van der Waals surface area (Å²) in [5, 5.41) is 8.90. The number of hydrogen-bond donors (Lipinski definition) is 0. The fraction of sp³-hybridized carbons (Fsp3) is 0.562. The Bertz CT molecular complexity index is 404. The molecule has 0 amide bonds. The van der Waals surface area contributed by atoms with Gasteiger partial charge in [-0.1, -0.05) is 12.1 Å². The largest absolute Gasteiger partial charge is 0.497 e. The smallest absolute Gasteiger partial charge is 0.118 e. The van der Waals surface area contributed by atoms with E-state index in [1.807, 2.05) is 38.1 Å². The Morgan fingerprint density at radius 3 is 2.42 bits per heavy atom. The summed E-state index contributed by atoms with van der Waals surface area (Å²) in [5.74, 6) is 0.863. The van der Waals surface area contributed by atoms with Gasteiger partial charge in [0.25, 0.3) is 0 Å². The average Bonchev–Trinajstić information content (AvgIpc) is 2.43. The molecular formula is C16H23NO2. The van der Waals surface area contributed by atoms with E-state index in [1.54, 1.807) is 7.11 Å². The van der Waals surface area contributed by atoms with Gasteiger partial charge in [0.1, 0.15) is 5.75 Å². The third-order valence-electron chi connectivity index (χ3n) is 3.07. The monoisotopic (exact) mass is 261 g/mol. The molecule has 0 aliphatic rings. The van der Waals surface area contributed by atoms with Crippen LogP contribution < -0.4 is 4.74 Å². The summed E-state index contributed by atoms with van der Waals surface area (Å²) in [7, 11) is 1.66. The summed E-state index contributed by atoms with van der Waals surface area (Å²) in [6.45, 7) is 5.33. The van der Waals surface area contributed by atoms with Crippen LogP contribution in [0.1, 0.15) is 38.7 Å². The quantitative estimate of drug-likeness (QED) is 0.666. The molecule has 0 heterocycles. The molecule has 3 heteroatoms. The molecule has 0 fully saturated rings. The summed E-state index contributed by atoms with van der Waals surface area (Å²) in [5.41, 5.74) is 0.939. The summed E-state index contributed by atoms with van der Waals surface area (Å²) in [6.07, 6.45) is 2.96. The van der Waals surface area contributed by atoms with Gasteiger partial charge in [0, 0.05) is 6.61 Å². The van der Waals surface area contributed by atoms with E-state index in [4.69, 9.17) is 14.7 Å². The topological polar surface area (TPSA) is 42.2 Å². The van der Waals surface area contributed by atoms with Crippen LogP contribution in [0.5, 0.6) is 5.75 Å². The summed E-state index contributed by atoms with van der Waals surface area (Å²) in [6, 6.07) is 10.2. The third kappa shape index (κ3) is 6.26. The molecule has 0 unspecified atom stereocenters. The minimum absolute atomic E-state index is 0.212. The van der Waals surface area contributed by atoms with Crippen molar-refractivity contribution in [3.63, 3.8) is 0 Å². The zero-order chi connectivity index (χ0) is 14.1. The predicted octanol–water partition coefficient (Wildman–Crippen LogP) is 3.93. The van der Waals surface area contributed by atoms with Crippen LogP contribution in [0, 0.1) is 16.7 Å². The van der Waals surface area contributed by atoms with Gasteiger partial charge in [0.05, 0.1) is 25.2 Å². The Hall–Kier alpha value is -1.53. The van der Waals surface area contributed by atoms with Gasteiger partial charge in [-0.3, -0.25) is 0 Å². The fourth-order valence-corrected chi connectivity index (χ4v) is 1.74. The van der Waals surface area contributed by atoms with Crippen molar-refractivity contribution in [2.24, 2.45) is 5.41 Å². The first-order valence-electron chi connectivity index (χ1n) is 6.69.